The van der Waals surface area contributed by atoms with Crippen LogP contribution in [0, 0.1) is 10.1 Å². The molecule has 0 aliphatic carbocycles. The van der Waals surface area contributed by atoms with Crippen molar-refractivity contribution in [3.05, 3.63) is 57.7 Å². The van der Waals surface area contributed by atoms with E-state index in [1.807, 2.05) is 12.1 Å². The molecule has 0 aromatic heterocycles. The summed E-state index contributed by atoms with van der Waals surface area (Å²) in [4.78, 5) is 26.4. The number of hydrogen-bond acceptors (Lipinski definition) is 4. The number of rotatable bonds is 10. The molecule has 22 heavy (non-hydrogen) atoms. The normalized spacial score (nSPS) is 10.6. The maximum atomic E-state index is 11.8. The fraction of sp³-hybridized carbons (Fsp3) is 0.438. The first-order valence-corrected chi connectivity index (χ1v) is 7.39. The van der Waals surface area contributed by atoms with Crippen molar-refractivity contribution in [3.8, 4) is 0 Å². The third-order valence-corrected chi connectivity index (χ3v) is 3.10. The second-order valence-corrected chi connectivity index (χ2v) is 4.81. The van der Waals surface area contributed by atoms with Crippen LogP contribution in [0.1, 0.15) is 43.7 Å². The molecule has 0 unspecified atom stereocenters. The summed E-state index contributed by atoms with van der Waals surface area (Å²) in [6.07, 6.45) is 7.36. The van der Waals surface area contributed by atoms with Crippen molar-refractivity contribution in [2.24, 2.45) is 0 Å². The van der Waals surface area contributed by atoms with E-state index < -0.39 is 5.09 Å². The average Bonchev–Trinajstić information content (AvgIpc) is 2.51. The number of hydrogen-bond donors (Lipinski definition) is 1. The molecule has 120 valence electrons. The smallest absolute Gasteiger partial charge is 0.294 e. The Morgan fingerprint density at radius 3 is 2.73 bits per heavy atom. The molecule has 0 radical (unpaired) electrons. The summed E-state index contributed by atoms with van der Waals surface area (Å²) in [5.74, 6) is -0.0186. The predicted molar refractivity (Wildman–Crippen MR) is 83.4 cm³/mol. The number of benzene rings is 1. The zero-order chi connectivity index (χ0) is 16.2. The fourth-order valence-corrected chi connectivity index (χ4v) is 1.94. The number of nitrogens with one attached hydrogen (secondary N) is 1. The van der Waals surface area contributed by atoms with E-state index in [2.05, 4.69) is 29.2 Å². The summed E-state index contributed by atoms with van der Waals surface area (Å²) >= 11 is 0. The molecule has 0 saturated carbocycles. The highest BCUT2D eigenvalue weighted by atomic mass is 16.9. The highest BCUT2D eigenvalue weighted by Crippen LogP contribution is 2.10. The van der Waals surface area contributed by atoms with E-state index in [9.17, 15) is 14.9 Å². The van der Waals surface area contributed by atoms with E-state index in [4.69, 9.17) is 0 Å². The first-order valence-electron chi connectivity index (χ1n) is 7.39. The largest absolute Gasteiger partial charge is 0.352 e. The minimum Gasteiger partial charge on any atom is -0.352 e. The number of carbonyl (C=O) groups excluding carboxylic acids is 1. The highest BCUT2D eigenvalue weighted by Gasteiger charge is 2.06. The second-order valence-electron chi connectivity index (χ2n) is 4.81. The summed E-state index contributed by atoms with van der Waals surface area (Å²) < 4.78 is 0. The number of nitrogens with zero attached hydrogens (tertiary/aromatic N) is 1. The van der Waals surface area contributed by atoms with Crippen molar-refractivity contribution in [2.45, 2.75) is 45.8 Å². The van der Waals surface area contributed by atoms with Crippen LogP contribution in [0.25, 0.3) is 0 Å². The molecule has 1 aromatic carbocycles. The topological polar surface area (TPSA) is 81.5 Å². The minimum absolute atomic E-state index is 0.0186. The van der Waals surface area contributed by atoms with Gasteiger partial charge in [-0.3, -0.25) is 4.79 Å². The Kier molecular flexibility index (Phi) is 8.33. The molecule has 0 bridgehead atoms. The van der Waals surface area contributed by atoms with E-state index in [0.29, 0.717) is 18.5 Å². The molecule has 0 fully saturated rings. The Morgan fingerprint density at radius 2 is 2.05 bits per heavy atom. The Morgan fingerprint density at radius 1 is 1.32 bits per heavy atom. The molecule has 1 amide bonds. The van der Waals surface area contributed by atoms with Crippen LogP contribution in [-0.4, -0.2) is 11.0 Å². The van der Waals surface area contributed by atoms with E-state index >= 15 is 0 Å². The zero-order valence-corrected chi connectivity index (χ0v) is 12.8. The Labute approximate surface area is 130 Å². The predicted octanol–water partition coefficient (Wildman–Crippen LogP) is 3.15. The van der Waals surface area contributed by atoms with Crippen molar-refractivity contribution in [1.82, 2.24) is 5.32 Å². The minimum atomic E-state index is -0.820. The van der Waals surface area contributed by atoms with Gasteiger partial charge < -0.3 is 10.2 Å². The summed E-state index contributed by atoms with van der Waals surface area (Å²) in [6.45, 7) is 2.31. The van der Waals surface area contributed by atoms with E-state index in [0.717, 1.165) is 24.8 Å². The van der Waals surface area contributed by atoms with Crippen molar-refractivity contribution in [3.63, 3.8) is 0 Å². The zero-order valence-electron chi connectivity index (χ0n) is 12.8. The standard InChI is InChI=1S/C16H22N2O4/c1-2-3-4-5-6-11-16(19)17-12-14-9-7-8-10-15(14)13-22-18(20)21/h3-4,7-10H,2,5-6,11-13H2,1H3,(H,17,19)/b4-3-. The van der Waals surface area contributed by atoms with Gasteiger partial charge in [0.15, 0.2) is 0 Å². The van der Waals surface area contributed by atoms with Gasteiger partial charge in [-0.05, 0) is 30.4 Å². The maximum Gasteiger partial charge on any atom is 0.294 e. The number of unbranched alkanes of at least 4 members (excludes halogenated alkanes) is 1. The number of amides is 1. The molecule has 6 heteroatoms. The van der Waals surface area contributed by atoms with Gasteiger partial charge in [-0.25, -0.2) is 0 Å². The molecule has 6 nitrogen and oxygen atoms in total. The lowest BCUT2D eigenvalue weighted by molar-refractivity contribution is -0.763. The van der Waals surface area contributed by atoms with Crippen molar-refractivity contribution in [1.29, 1.82) is 0 Å². The lowest BCUT2D eigenvalue weighted by Crippen LogP contribution is -2.23. The monoisotopic (exact) mass is 306 g/mol. The summed E-state index contributed by atoms with van der Waals surface area (Å²) in [7, 11) is 0. The first kappa shape index (κ1) is 17.7. The number of carbonyl (C=O) groups is 1. The van der Waals surface area contributed by atoms with E-state index in [-0.39, 0.29) is 12.5 Å². The molecular weight excluding hydrogens is 284 g/mol. The summed E-state index contributed by atoms with van der Waals surface area (Å²) in [6, 6.07) is 7.18. The van der Waals surface area contributed by atoms with Gasteiger partial charge in [0.25, 0.3) is 5.09 Å². The second kappa shape index (κ2) is 10.4. The van der Waals surface area contributed by atoms with Crippen LogP contribution in [-0.2, 0) is 22.8 Å². The third kappa shape index (κ3) is 7.42. The molecule has 1 N–H and O–H groups in total. The highest BCUT2D eigenvalue weighted by molar-refractivity contribution is 5.75. The molecule has 0 aliphatic heterocycles. The number of allylic oxidation sites excluding steroid dienone is 2. The molecule has 0 aliphatic rings. The first-order chi connectivity index (χ1) is 10.6. The van der Waals surface area contributed by atoms with Gasteiger partial charge in [-0.15, -0.1) is 10.1 Å². The van der Waals surface area contributed by atoms with Crippen molar-refractivity contribution in [2.75, 3.05) is 0 Å². The molecule has 0 atom stereocenters. The third-order valence-electron chi connectivity index (χ3n) is 3.10. The average molecular weight is 306 g/mol. The molecule has 0 saturated heterocycles. The molecule has 1 aromatic rings. The fourth-order valence-electron chi connectivity index (χ4n) is 1.94. The quantitative estimate of drug-likeness (QED) is 0.311. The van der Waals surface area contributed by atoms with Crippen LogP contribution >= 0.6 is 0 Å². The van der Waals surface area contributed by atoms with Gasteiger partial charge in [-0.1, -0.05) is 43.3 Å². The van der Waals surface area contributed by atoms with Gasteiger partial charge in [0.05, 0.1) is 0 Å². The Bertz CT molecular complexity index is 515. The van der Waals surface area contributed by atoms with Crippen LogP contribution in [0.2, 0.25) is 0 Å². The van der Waals surface area contributed by atoms with Gasteiger partial charge in [0.1, 0.15) is 6.61 Å². The molecule has 0 spiro atoms. The SMILES string of the molecule is CC/C=C\CCCC(=O)NCc1ccccc1CO[N+](=O)[O-]. The van der Waals surface area contributed by atoms with E-state index in [1.54, 1.807) is 12.1 Å². The van der Waals surface area contributed by atoms with Gasteiger partial charge in [0, 0.05) is 13.0 Å². The van der Waals surface area contributed by atoms with Gasteiger partial charge in [-0.2, -0.15) is 0 Å². The van der Waals surface area contributed by atoms with E-state index in [1.165, 1.54) is 0 Å². The van der Waals surface area contributed by atoms with Crippen LogP contribution in [0.3, 0.4) is 0 Å². The van der Waals surface area contributed by atoms with Gasteiger partial charge in [0.2, 0.25) is 5.91 Å². The Hall–Kier alpha value is -2.37. The van der Waals surface area contributed by atoms with Crippen molar-refractivity contribution >= 4 is 5.91 Å². The molecule has 0 heterocycles. The van der Waals surface area contributed by atoms with Crippen LogP contribution in [0.5, 0.6) is 0 Å². The van der Waals surface area contributed by atoms with Crippen LogP contribution < -0.4 is 5.32 Å². The lowest BCUT2D eigenvalue weighted by Gasteiger charge is -2.10. The van der Waals surface area contributed by atoms with Gasteiger partial charge >= 0.3 is 0 Å². The summed E-state index contributed by atoms with van der Waals surface area (Å²) in [5.41, 5.74) is 1.52. The maximum absolute atomic E-state index is 11.8. The summed E-state index contributed by atoms with van der Waals surface area (Å²) in [5, 5.41) is 12.3. The molecule has 1 rings (SSSR count). The van der Waals surface area contributed by atoms with Crippen LogP contribution in [0.15, 0.2) is 36.4 Å². The van der Waals surface area contributed by atoms with Crippen LogP contribution in [0.4, 0.5) is 0 Å². The Balaban J connectivity index is 2.38. The van der Waals surface area contributed by atoms with Crippen molar-refractivity contribution < 1.29 is 14.7 Å². The molecular formula is C16H22N2O4. The lowest BCUT2D eigenvalue weighted by atomic mass is 10.1.